The standard InChI is InChI=1S/C9H5Cl3O2/c10-6-3-5(1-2-8(13)14)9(12)7(11)4-6/h1-4H,(H,13,14)/b2-1+. The number of rotatable bonds is 2. The number of benzene rings is 1. The lowest BCUT2D eigenvalue weighted by atomic mass is 10.2. The summed E-state index contributed by atoms with van der Waals surface area (Å²) in [5, 5.41) is 9.40. The maximum atomic E-state index is 10.3. The van der Waals surface area contributed by atoms with Crippen LogP contribution in [0.1, 0.15) is 5.56 Å². The lowest BCUT2D eigenvalue weighted by Crippen LogP contribution is -1.86. The van der Waals surface area contributed by atoms with Gasteiger partial charge in [-0.3, -0.25) is 0 Å². The number of hydrogen-bond acceptors (Lipinski definition) is 1. The van der Waals surface area contributed by atoms with Gasteiger partial charge in [-0.05, 0) is 23.8 Å². The molecule has 1 rings (SSSR count). The molecule has 0 atom stereocenters. The number of carboxylic acids is 1. The molecular formula is C9H5Cl3O2. The molecular weight excluding hydrogens is 246 g/mol. The molecule has 0 amide bonds. The maximum absolute atomic E-state index is 10.3. The largest absolute Gasteiger partial charge is 0.478 e. The van der Waals surface area contributed by atoms with Crippen molar-refractivity contribution in [2.75, 3.05) is 0 Å². The summed E-state index contributed by atoms with van der Waals surface area (Å²) in [6.07, 6.45) is 2.30. The Hall–Kier alpha value is -0.700. The van der Waals surface area contributed by atoms with Crippen molar-refractivity contribution in [1.82, 2.24) is 0 Å². The van der Waals surface area contributed by atoms with E-state index in [0.717, 1.165) is 6.08 Å². The Morgan fingerprint density at radius 2 is 1.93 bits per heavy atom. The Kier molecular flexibility index (Phi) is 3.81. The van der Waals surface area contributed by atoms with Crippen molar-refractivity contribution in [3.05, 3.63) is 38.8 Å². The molecule has 0 unspecified atom stereocenters. The molecule has 1 aromatic rings. The minimum absolute atomic E-state index is 0.286. The van der Waals surface area contributed by atoms with E-state index in [-0.39, 0.29) is 5.02 Å². The van der Waals surface area contributed by atoms with Gasteiger partial charge in [0.05, 0.1) is 10.0 Å². The number of halogens is 3. The highest BCUT2D eigenvalue weighted by Crippen LogP contribution is 2.30. The third-order valence-corrected chi connectivity index (χ3v) is 2.46. The summed E-state index contributed by atoms with van der Waals surface area (Å²) in [5.41, 5.74) is 0.478. The number of carboxylic acid groups (broad SMARTS) is 1. The van der Waals surface area contributed by atoms with Crippen molar-refractivity contribution < 1.29 is 9.90 Å². The second kappa shape index (κ2) is 4.69. The molecule has 0 bridgehead atoms. The monoisotopic (exact) mass is 250 g/mol. The Labute approximate surface area is 95.7 Å². The zero-order valence-corrected chi connectivity index (χ0v) is 9.07. The van der Waals surface area contributed by atoms with Gasteiger partial charge in [0.2, 0.25) is 0 Å². The van der Waals surface area contributed by atoms with Gasteiger partial charge >= 0.3 is 5.97 Å². The van der Waals surface area contributed by atoms with Crippen LogP contribution in [0.25, 0.3) is 6.08 Å². The molecule has 0 saturated heterocycles. The fraction of sp³-hybridized carbons (Fsp3) is 0. The van der Waals surface area contributed by atoms with Gasteiger partial charge in [0.25, 0.3) is 0 Å². The fourth-order valence-electron chi connectivity index (χ4n) is 0.858. The third-order valence-electron chi connectivity index (χ3n) is 1.43. The minimum Gasteiger partial charge on any atom is -0.478 e. The van der Waals surface area contributed by atoms with E-state index >= 15 is 0 Å². The number of carbonyl (C=O) groups is 1. The number of hydrogen-bond donors (Lipinski definition) is 1. The van der Waals surface area contributed by atoms with E-state index in [1.807, 2.05) is 0 Å². The first-order chi connectivity index (χ1) is 6.50. The van der Waals surface area contributed by atoms with Gasteiger partial charge in [-0.25, -0.2) is 4.79 Å². The minimum atomic E-state index is -1.06. The van der Waals surface area contributed by atoms with Gasteiger partial charge in [0, 0.05) is 11.1 Å². The molecule has 0 spiro atoms. The van der Waals surface area contributed by atoms with Crippen molar-refractivity contribution in [3.8, 4) is 0 Å². The van der Waals surface area contributed by atoms with Crippen LogP contribution in [0.2, 0.25) is 15.1 Å². The second-order valence-corrected chi connectivity index (χ2v) is 3.68. The maximum Gasteiger partial charge on any atom is 0.328 e. The van der Waals surface area contributed by atoms with E-state index in [0.29, 0.717) is 15.6 Å². The highest BCUT2D eigenvalue weighted by molar-refractivity contribution is 6.44. The van der Waals surface area contributed by atoms with Crippen LogP contribution in [0, 0.1) is 0 Å². The van der Waals surface area contributed by atoms with Crippen molar-refractivity contribution in [2.24, 2.45) is 0 Å². The van der Waals surface area contributed by atoms with Crippen LogP contribution < -0.4 is 0 Å². The van der Waals surface area contributed by atoms with Gasteiger partial charge in [-0.1, -0.05) is 34.8 Å². The smallest absolute Gasteiger partial charge is 0.328 e. The van der Waals surface area contributed by atoms with Gasteiger partial charge in [0.15, 0.2) is 0 Å². The Bertz CT molecular complexity index is 399. The Balaban J connectivity index is 3.14. The highest BCUT2D eigenvalue weighted by Gasteiger charge is 2.04. The van der Waals surface area contributed by atoms with Gasteiger partial charge in [-0.2, -0.15) is 0 Å². The van der Waals surface area contributed by atoms with Crippen molar-refractivity contribution >= 4 is 46.8 Å². The second-order valence-electron chi connectivity index (χ2n) is 2.46. The zero-order valence-electron chi connectivity index (χ0n) is 6.80. The van der Waals surface area contributed by atoms with E-state index in [4.69, 9.17) is 39.9 Å². The normalized spacial score (nSPS) is 10.8. The lowest BCUT2D eigenvalue weighted by Gasteiger charge is -2.01. The van der Waals surface area contributed by atoms with E-state index in [1.165, 1.54) is 18.2 Å². The summed E-state index contributed by atoms with van der Waals surface area (Å²) in [6.45, 7) is 0. The molecule has 0 aromatic heterocycles. The Morgan fingerprint density at radius 3 is 2.50 bits per heavy atom. The molecule has 5 heteroatoms. The first kappa shape index (κ1) is 11.4. The average molecular weight is 251 g/mol. The molecule has 1 N–H and O–H groups in total. The highest BCUT2D eigenvalue weighted by atomic mass is 35.5. The van der Waals surface area contributed by atoms with Crippen molar-refractivity contribution in [1.29, 1.82) is 0 Å². The SMILES string of the molecule is O=C(O)/C=C/c1cc(Cl)cc(Cl)c1Cl. The number of aliphatic carboxylic acids is 1. The zero-order chi connectivity index (χ0) is 10.7. The van der Waals surface area contributed by atoms with Crippen LogP contribution in [0.5, 0.6) is 0 Å². The van der Waals surface area contributed by atoms with Crippen LogP contribution in [-0.4, -0.2) is 11.1 Å². The fourth-order valence-corrected chi connectivity index (χ4v) is 1.54. The molecule has 0 fully saturated rings. The van der Waals surface area contributed by atoms with E-state index in [1.54, 1.807) is 0 Å². The summed E-state index contributed by atoms with van der Waals surface area (Å²) in [5.74, 6) is -1.06. The molecule has 0 saturated carbocycles. The topological polar surface area (TPSA) is 37.3 Å². The van der Waals surface area contributed by atoms with E-state index in [9.17, 15) is 4.79 Å². The van der Waals surface area contributed by atoms with E-state index in [2.05, 4.69) is 0 Å². The third kappa shape index (κ3) is 2.91. The lowest BCUT2D eigenvalue weighted by molar-refractivity contribution is -0.131. The molecule has 0 aliphatic heterocycles. The van der Waals surface area contributed by atoms with Crippen LogP contribution in [0.4, 0.5) is 0 Å². The van der Waals surface area contributed by atoms with Gasteiger partial charge < -0.3 is 5.11 Å². The van der Waals surface area contributed by atoms with E-state index < -0.39 is 5.97 Å². The molecule has 0 radical (unpaired) electrons. The summed E-state index contributed by atoms with van der Waals surface area (Å²) >= 11 is 17.3. The van der Waals surface area contributed by atoms with Crippen LogP contribution in [0.3, 0.4) is 0 Å². The summed E-state index contributed by atoms with van der Waals surface area (Å²) in [4.78, 5) is 10.3. The molecule has 14 heavy (non-hydrogen) atoms. The van der Waals surface area contributed by atoms with Gasteiger partial charge in [0.1, 0.15) is 0 Å². The quantitative estimate of drug-likeness (QED) is 0.642. The van der Waals surface area contributed by atoms with Crippen molar-refractivity contribution in [3.63, 3.8) is 0 Å². The first-order valence-electron chi connectivity index (χ1n) is 3.56. The Morgan fingerprint density at radius 1 is 1.29 bits per heavy atom. The molecule has 1 aromatic carbocycles. The molecule has 2 nitrogen and oxygen atoms in total. The average Bonchev–Trinajstić information content (AvgIpc) is 2.08. The summed E-state index contributed by atoms with van der Waals surface area (Å²) < 4.78 is 0. The summed E-state index contributed by atoms with van der Waals surface area (Å²) in [7, 11) is 0. The predicted octanol–water partition coefficient (Wildman–Crippen LogP) is 3.74. The van der Waals surface area contributed by atoms with Crippen LogP contribution >= 0.6 is 34.8 Å². The molecule has 0 aliphatic rings. The molecule has 0 heterocycles. The van der Waals surface area contributed by atoms with Crippen LogP contribution in [0.15, 0.2) is 18.2 Å². The van der Waals surface area contributed by atoms with Crippen molar-refractivity contribution in [2.45, 2.75) is 0 Å². The molecule has 74 valence electrons. The first-order valence-corrected chi connectivity index (χ1v) is 4.69. The summed E-state index contributed by atoms with van der Waals surface area (Å²) in [6, 6.07) is 3.03. The predicted molar refractivity (Wildman–Crippen MR) is 58.1 cm³/mol. The molecule has 0 aliphatic carbocycles. The van der Waals surface area contributed by atoms with Crippen LogP contribution in [-0.2, 0) is 4.79 Å². The van der Waals surface area contributed by atoms with Gasteiger partial charge in [-0.15, -0.1) is 0 Å².